The summed E-state index contributed by atoms with van der Waals surface area (Å²) in [5.74, 6) is 0.0425. The van der Waals surface area contributed by atoms with Crippen LogP contribution in [0.25, 0.3) is 17.2 Å². The van der Waals surface area contributed by atoms with Crippen LogP contribution < -0.4 is 11.1 Å². The highest BCUT2D eigenvalue weighted by Gasteiger charge is 2.15. The van der Waals surface area contributed by atoms with E-state index in [9.17, 15) is 14.9 Å². The fraction of sp³-hybridized carbons (Fsp3) is 0.0667. The van der Waals surface area contributed by atoms with Crippen LogP contribution in [0.2, 0.25) is 0 Å². The van der Waals surface area contributed by atoms with Gasteiger partial charge < -0.3 is 0 Å². The van der Waals surface area contributed by atoms with Crippen molar-refractivity contribution in [3.05, 3.63) is 68.4 Å². The molecule has 0 bridgehead atoms. The lowest BCUT2D eigenvalue weighted by Gasteiger charge is -2.06. The fourth-order valence-corrected chi connectivity index (χ4v) is 2.15. The van der Waals surface area contributed by atoms with E-state index in [0.29, 0.717) is 11.3 Å². The lowest BCUT2D eigenvalue weighted by molar-refractivity contribution is 0.769. The molecule has 22 heavy (non-hydrogen) atoms. The number of H-pyrrole nitrogens is 2. The van der Waals surface area contributed by atoms with Gasteiger partial charge in [0.25, 0.3) is 11.1 Å². The molecule has 3 rings (SSSR count). The van der Waals surface area contributed by atoms with Gasteiger partial charge in [0.1, 0.15) is 11.6 Å². The SMILES string of the molecule is Cc1cc(=O)n(-c2nc(-c3ccccc3)c(C#N)c(=O)[nH]2)[nH]1. The quantitative estimate of drug-likeness (QED) is 0.737. The molecule has 0 saturated heterocycles. The third kappa shape index (κ3) is 2.23. The first kappa shape index (κ1) is 13.6. The van der Waals surface area contributed by atoms with Gasteiger partial charge in [-0.25, -0.2) is 4.98 Å². The van der Waals surface area contributed by atoms with Crippen LogP contribution in [0.5, 0.6) is 0 Å². The van der Waals surface area contributed by atoms with E-state index in [0.717, 1.165) is 4.68 Å². The molecule has 2 aromatic heterocycles. The van der Waals surface area contributed by atoms with Crippen LogP contribution in [0.1, 0.15) is 11.3 Å². The normalized spacial score (nSPS) is 10.4. The lowest BCUT2D eigenvalue weighted by Crippen LogP contribution is -2.23. The van der Waals surface area contributed by atoms with Gasteiger partial charge in [-0.2, -0.15) is 9.94 Å². The Morgan fingerprint density at radius 1 is 1.23 bits per heavy atom. The van der Waals surface area contributed by atoms with Crippen molar-refractivity contribution in [3.8, 4) is 23.3 Å². The van der Waals surface area contributed by atoms with Crippen molar-refractivity contribution >= 4 is 0 Å². The van der Waals surface area contributed by atoms with Gasteiger partial charge in [0.05, 0.1) is 5.69 Å². The summed E-state index contributed by atoms with van der Waals surface area (Å²) in [4.78, 5) is 30.7. The van der Waals surface area contributed by atoms with Gasteiger partial charge >= 0.3 is 0 Å². The van der Waals surface area contributed by atoms with E-state index in [1.807, 2.05) is 12.1 Å². The van der Waals surface area contributed by atoms with Crippen molar-refractivity contribution in [3.63, 3.8) is 0 Å². The topological polar surface area (TPSA) is 107 Å². The number of benzene rings is 1. The molecular weight excluding hydrogens is 282 g/mol. The maximum absolute atomic E-state index is 12.1. The molecular formula is C15H11N5O2. The molecule has 0 spiro atoms. The minimum absolute atomic E-state index is 0.0425. The predicted molar refractivity (Wildman–Crippen MR) is 79.7 cm³/mol. The number of aryl methyl sites for hydroxylation is 1. The van der Waals surface area contributed by atoms with Crippen LogP contribution >= 0.6 is 0 Å². The van der Waals surface area contributed by atoms with Crippen LogP contribution in [-0.4, -0.2) is 19.7 Å². The molecule has 7 heteroatoms. The summed E-state index contributed by atoms with van der Waals surface area (Å²) in [5.41, 5.74) is 0.475. The largest absolute Gasteiger partial charge is 0.293 e. The molecule has 0 atom stereocenters. The minimum atomic E-state index is -0.592. The molecule has 0 aliphatic rings. The monoisotopic (exact) mass is 293 g/mol. The zero-order valence-electron chi connectivity index (χ0n) is 11.6. The molecule has 0 unspecified atom stereocenters. The third-order valence-electron chi connectivity index (χ3n) is 3.13. The van der Waals surface area contributed by atoms with Crippen molar-refractivity contribution < 1.29 is 0 Å². The molecule has 2 heterocycles. The fourth-order valence-electron chi connectivity index (χ4n) is 2.15. The zero-order chi connectivity index (χ0) is 15.7. The van der Waals surface area contributed by atoms with Crippen LogP contribution in [0.4, 0.5) is 0 Å². The van der Waals surface area contributed by atoms with Crippen molar-refractivity contribution in [1.29, 1.82) is 5.26 Å². The highest BCUT2D eigenvalue weighted by molar-refractivity contribution is 5.66. The Kier molecular flexibility index (Phi) is 3.20. The highest BCUT2D eigenvalue weighted by Crippen LogP contribution is 2.18. The van der Waals surface area contributed by atoms with Gasteiger partial charge in [0.15, 0.2) is 0 Å². The summed E-state index contributed by atoms with van der Waals surface area (Å²) < 4.78 is 1.13. The molecule has 0 aliphatic heterocycles. The van der Waals surface area contributed by atoms with Gasteiger partial charge in [-0.3, -0.25) is 19.7 Å². The van der Waals surface area contributed by atoms with Crippen LogP contribution in [-0.2, 0) is 0 Å². The number of nitriles is 1. The van der Waals surface area contributed by atoms with Crippen LogP contribution in [0, 0.1) is 18.3 Å². The van der Waals surface area contributed by atoms with Crippen molar-refractivity contribution in [2.45, 2.75) is 6.92 Å². The van der Waals surface area contributed by atoms with Crippen molar-refractivity contribution in [1.82, 2.24) is 19.7 Å². The molecule has 1 aromatic carbocycles. The summed E-state index contributed by atoms with van der Waals surface area (Å²) >= 11 is 0. The Morgan fingerprint density at radius 3 is 2.55 bits per heavy atom. The van der Waals surface area contributed by atoms with Crippen molar-refractivity contribution in [2.24, 2.45) is 0 Å². The minimum Gasteiger partial charge on any atom is -0.293 e. The van der Waals surface area contributed by atoms with E-state index in [1.54, 1.807) is 31.2 Å². The van der Waals surface area contributed by atoms with Gasteiger partial charge in [-0.05, 0) is 6.92 Å². The smallest absolute Gasteiger partial charge is 0.274 e. The molecule has 0 amide bonds. The maximum Gasteiger partial charge on any atom is 0.274 e. The van der Waals surface area contributed by atoms with Gasteiger partial charge in [0.2, 0.25) is 5.95 Å². The van der Waals surface area contributed by atoms with E-state index in [-0.39, 0.29) is 22.8 Å². The van der Waals surface area contributed by atoms with Crippen LogP contribution in [0.3, 0.4) is 0 Å². The number of hydrogen-bond donors (Lipinski definition) is 2. The predicted octanol–water partition coefficient (Wildman–Crippen LogP) is 1.10. The Morgan fingerprint density at radius 2 is 1.95 bits per heavy atom. The molecule has 0 aliphatic carbocycles. The number of nitrogens with one attached hydrogen (secondary N) is 2. The second-order valence-electron chi connectivity index (χ2n) is 4.70. The average Bonchev–Trinajstić information content (AvgIpc) is 2.86. The first-order valence-corrected chi connectivity index (χ1v) is 6.49. The summed E-state index contributed by atoms with van der Waals surface area (Å²) in [6.07, 6.45) is 0. The lowest BCUT2D eigenvalue weighted by atomic mass is 10.1. The summed E-state index contributed by atoms with van der Waals surface area (Å²) in [7, 11) is 0. The molecule has 0 fully saturated rings. The van der Waals surface area contributed by atoms with Gasteiger partial charge in [-0.15, -0.1) is 0 Å². The van der Waals surface area contributed by atoms with E-state index >= 15 is 0 Å². The Balaban J connectivity index is 2.31. The molecule has 0 saturated carbocycles. The molecule has 3 aromatic rings. The van der Waals surface area contributed by atoms with Crippen LogP contribution in [0.15, 0.2) is 46.0 Å². The van der Waals surface area contributed by atoms with Crippen molar-refractivity contribution in [2.75, 3.05) is 0 Å². The van der Waals surface area contributed by atoms with Gasteiger partial charge in [-0.1, -0.05) is 30.3 Å². The average molecular weight is 293 g/mol. The number of hydrogen-bond acceptors (Lipinski definition) is 4. The second-order valence-corrected chi connectivity index (χ2v) is 4.70. The maximum atomic E-state index is 12.1. The Labute approximate surface area is 124 Å². The number of rotatable bonds is 2. The summed E-state index contributed by atoms with van der Waals surface area (Å²) in [6.45, 7) is 1.72. The standard InChI is InChI=1S/C15H11N5O2/c1-9-7-12(21)20(19-9)15-17-13(10-5-3-2-4-6-10)11(8-16)14(22)18-15/h2-7,19H,1H3,(H,17,18,22). The second kappa shape index (κ2) is 5.18. The number of aromatic nitrogens is 4. The molecule has 0 radical (unpaired) electrons. The first-order chi connectivity index (χ1) is 10.6. The highest BCUT2D eigenvalue weighted by atomic mass is 16.1. The molecule has 2 N–H and O–H groups in total. The van der Waals surface area contributed by atoms with E-state index in [4.69, 9.17) is 0 Å². The summed E-state index contributed by atoms with van der Waals surface area (Å²) in [6, 6.07) is 12.1. The third-order valence-corrected chi connectivity index (χ3v) is 3.13. The number of aromatic amines is 2. The Bertz CT molecular complexity index is 989. The Hall–Kier alpha value is -3.40. The van der Waals surface area contributed by atoms with E-state index in [1.165, 1.54) is 6.07 Å². The zero-order valence-corrected chi connectivity index (χ0v) is 11.6. The molecule has 108 valence electrons. The number of nitrogens with zero attached hydrogens (tertiary/aromatic N) is 3. The first-order valence-electron chi connectivity index (χ1n) is 6.49. The van der Waals surface area contributed by atoms with E-state index < -0.39 is 5.56 Å². The summed E-state index contributed by atoms with van der Waals surface area (Å²) in [5, 5.41) is 12.0. The van der Waals surface area contributed by atoms with E-state index in [2.05, 4.69) is 15.1 Å². The molecule has 7 nitrogen and oxygen atoms in total. The van der Waals surface area contributed by atoms with Gasteiger partial charge in [0, 0.05) is 17.3 Å².